The monoisotopic (exact) mass is 526 g/mol. The summed E-state index contributed by atoms with van der Waals surface area (Å²) in [6.45, 7) is 2.18. The van der Waals surface area contributed by atoms with Gasteiger partial charge < -0.3 is 20.7 Å². The Bertz CT molecular complexity index is 1210. The van der Waals surface area contributed by atoms with Crippen molar-refractivity contribution in [3.8, 4) is 0 Å². The molecule has 0 saturated heterocycles. The topological polar surface area (TPSA) is 99.8 Å². The van der Waals surface area contributed by atoms with Crippen molar-refractivity contribution in [1.29, 1.82) is 0 Å². The molecule has 2 aliphatic rings. The number of nitrogens with one attached hydrogen (secondary N) is 3. The second kappa shape index (κ2) is 12.2. The van der Waals surface area contributed by atoms with Crippen LogP contribution in [-0.4, -0.2) is 49.2 Å². The normalized spacial score (nSPS) is 21.6. The third-order valence-electron chi connectivity index (χ3n) is 7.16. The Morgan fingerprint density at radius 2 is 1.71 bits per heavy atom. The molecule has 202 valence electrons. The van der Waals surface area contributed by atoms with Gasteiger partial charge in [0.1, 0.15) is 6.04 Å². The fraction of sp³-hybridized carbons (Fsp3) is 0.393. The van der Waals surface area contributed by atoms with Crippen LogP contribution < -0.4 is 16.0 Å². The van der Waals surface area contributed by atoms with Crippen LogP contribution in [0.1, 0.15) is 55.7 Å². The molecule has 4 amide bonds. The smallest absolute Gasteiger partial charge is 0.337 e. The molecular formula is C28H32F2N4O4. The summed E-state index contributed by atoms with van der Waals surface area (Å²) in [4.78, 5) is 39.3. The lowest BCUT2D eigenvalue weighted by Crippen LogP contribution is -2.55. The van der Waals surface area contributed by atoms with Gasteiger partial charge in [-0.15, -0.1) is 0 Å². The predicted molar refractivity (Wildman–Crippen MR) is 137 cm³/mol. The molecule has 0 spiro atoms. The molecule has 0 radical (unpaired) electrons. The number of amides is 4. The van der Waals surface area contributed by atoms with Crippen LogP contribution in [0.15, 0.2) is 59.8 Å². The number of esters is 1. The molecule has 8 nitrogen and oxygen atoms in total. The summed E-state index contributed by atoms with van der Waals surface area (Å²) in [5.41, 5.74) is 1.53. The molecule has 4 rings (SSSR count). The van der Waals surface area contributed by atoms with Crippen molar-refractivity contribution in [2.24, 2.45) is 0 Å². The van der Waals surface area contributed by atoms with Crippen LogP contribution in [0.5, 0.6) is 0 Å². The number of benzene rings is 2. The van der Waals surface area contributed by atoms with Gasteiger partial charge in [-0.1, -0.05) is 36.4 Å². The van der Waals surface area contributed by atoms with Crippen LogP contribution in [0.3, 0.4) is 0 Å². The first kappa shape index (κ1) is 27.3. The number of rotatable bonds is 7. The fourth-order valence-corrected chi connectivity index (χ4v) is 5.21. The average molecular weight is 527 g/mol. The van der Waals surface area contributed by atoms with Crippen molar-refractivity contribution in [3.05, 3.63) is 82.6 Å². The molecule has 1 unspecified atom stereocenters. The van der Waals surface area contributed by atoms with E-state index in [1.807, 2.05) is 6.07 Å². The zero-order valence-corrected chi connectivity index (χ0v) is 21.4. The van der Waals surface area contributed by atoms with Crippen molar-refractivity contribution in [2.75, 3.05) is 20.2 Å². The minimum absolute atomic E-state index is 0.0541. The van der Waals surface area contributed by atoms with Gasteiger partial charge in [0.05, 0.1) is 12.7 Å². The number of halogens is 2. The standard InChI is InChI=1S/C28H32F2N4O4/c1-17-24(26(35)38-2)25(20-10-13-22(29)23(30)16-20)34(28(37)33-17)27(36)32-15-14-31-21-11-8-19(9-12-21)18-6-4-3-5-7-18/h3-7,10,13,16,19,21,25,31H,8-9,11-12,14-15H2,1-2H3,(H,32,36)(H,33,37). The number of ether oxygens (including phenoxy) is 1. The highest BCUT2D eigenvalue weighted by atomic mass is 19.2. The minimum Gasteiger partial charge on any atom is -0.466 e. The lowest BCUT2D eigenvalue weighted by molar-refractivity contribution is -0.136. The van der Waals surface area contributed by atoms with Crippen LogP contribution in [0.2, 0.25) is 0 Å². The van der Waals surface area contributed by atoms with E-state index in [0.717, 1.165) is 49.8 Å². The number of carbonyl (C=O) groups excluding carboxylic acids is 3. The number of hydrogen-bond donors (Lipinski definition) is 3. The third kappa shape index (κ3) is 6.02. The highest BCUT2D eigenvalue weighted by molar-refractivity contribution is 6.01. The first-order chi connectivity index (χ1) is 18.3. The Balaban J connectivity index is 1.38. The Hall–Kier alpha value is -3.79. The Morgan fingerprint density at radius 1 is 1.00 bits per heavy atom. The first-order valence-corrected chi connectivity index (χ1v) is 12.7. The summed E-state index contributed by atoms with van der Waals surface area (Å²) in [5, 5.41) is 8.63. The lowest BCUT2D eigenvalue weighted by atomic mass is 9.82. The lowest BCUT2D eigenvalue weighted by Gasteiger charge is -2.36. The van der Waals surface area contributed by atoms with E-state index in [9.17, 15) is 23.2 Å². The molecule has 1 heterocycles. The molecule has 1 aliphatic heterocycles. The molecule has 1 aliphatic carbocycles. The molecule has 3 N–H and O–H groups in total. The van der Waals surface area contributed by atoms with Crippen molar-refractivity contribution in [2.45, 2.75) is 50.6 Å². The van der Waals surface area contributed by atoms with Crippen LogP contribution in [0, 0.1) is 11.6 Å². The largest absolute Gasteiger partial charge is 0.466 e. The summed E-state index contributed by atoms with van der Waals surface area (Å²) in [7, 11) is 1.16. The van der Waals surface area contributed by atoms with Gasteiger partial charge in [-0.05, 0) is 61.8 Å². The van der Waals surface area contributed by atoms with E-state index in [2.05, 4.69) is 40.2 Å². The first-order valence-electron chi connectivity index (χ1n) is 12.7. The molecular weight excluding hydrogens is 494 g/mol. The summed E-state index contributed by atoms with van der Waals surface area (Å²) in [6, 6.07) is 10.9. The summed E-state index contributed by atoms with van der Waals surface area (Å²) in [6.07, 6.45) is 4.21. The average Bonchev–Trinajstić information content (AvgIpc) is 2.92. The molecule has 0 bridgehead atoms. The van der Waals surface area contributed by atoms with Gasteiger partial charge in [-0.3, -0.25) is 0 Å². The van der Waals surface area contributed by atoms with Crippen LogP contribution in [0.25, 0.3) is 0 Å². The third-order valence-corrected chi connectivity index (χ3v) is 7.16. The molecule has 0 aromatic heterocycles. The molecule has 1 fully saturated rings. The van der Waals surface area contributed by atoms with Crippen LogP contribution in [0.4, 0.5) is 18.4 Å². The SMILES string of the molecule is COC(=O)C1=C(C)NC(=O)N(C(=O)NCCNC2CCC(c3ccccc3)CC2)C1c1ccc(F)c(F)c1. The predicted octanol–water partition coefficient (Wildman–Crippen LogP) is 4.50. The van der Waals surface area contributed by atoms with Crippen molar-refractivity contribution < 1.29 is 27.9 Å². The molecule has 2 aromatic carbocycles. The number of urea groups is 2. The zero-order chi connectivity index (χ0) is 27.2. The molecule has 10 heteroatoms. The van der Waals surface area contributed by atoms with Gasteiger partial charge in [0.25, 0.3) is 0 Å². The number of carbonyl (C=O) groups is 3. The van der Waals surface area contributed by atoms with Crippen molar-refractivity contribution in [3.63, 3.8) is 0 Å². The quantitative estimate of drug-likeness (QED) is 0.364. The number of allylic oxidation sites excluding steroid dienone is 1. The Labute approximate surface area is 220 Å². The van der Waals surface area contributed by atoms with E-state index in [1.165, 1.54) is 18.6 Å². The second-order valence-electron chi connectivity index (χ2n) is 9.55. The summed E-state index contributed by atoms with van der Waals surface area (Å²) in [5.74, 6) is -2.50. The van der Waals surface area contributed by atoms with Gasteiger partial charge >= 0.3 is 18.0 Å². The maximum atomic E-state index is 14.1. The maximum absolute atomic E-state index is 14.1. The fourth-order valence-electron chi connectivity index (χ4n) is 5.21. The molecule has 1 atom stereocenters. The van der Waals surface area contributed by atoms with Crippen molar-refractivity contribution in [1.82, 2.24) is 20.9 Å². The minimum atomic E-state index is -1.30. The van der Waals surface area contributed by atoms with Gasteiger partial charge in [-0.2, -0.15) is 0 Å². The van der Waals surface area contributed by atoms with Crippen LogP contribution in [-0.2, 0) is 9.53 Å². The molecule has 2 aromatic rings. The van der Waals surface area contributed by atoms with E-state index in [-0.39, 0.29) is 23.4 Å². The van der Waals surface area contributed by atoms with Crippen LogP contribution >= 0.6 is 0 Å². The van der Waals surface area contributed by atoms with E-state index < -0.39 is 35.7 Å². The Morgan fingerprint density at radius 3 is 2.37 bits per heavy atom. The molecule has 1 saturated carbocycles. The summed E-state index contributed by atoms with van der Waals surface area (Å²) < 4.78 is 32.5. The number of imide groups is 1. The van der Waals surface area contributed by atoms with Crippen molar-refractivity contribution >= 4 is 18.0 Å². The van der Waals surface area contributed by atoms with E-state index >= 15 is 0 Å². The van der Waals surface area contributed by atoms with E-state index in [0.29, 0.717) is 18.5 Å². The van der Waals surface area contributed by atoms with E-state index in [4.69, 9.17) is 4.74 Å². The number of hydrogen-bond acceptors (Lipinski definition) is 5. The number of nitrogens with zero attached hydrogens (tertiary/aromatic N) is 1. The van der Waals surface area contributed by atoms with Gasteiger partial charge in [0.2, 0.25) is 0 Å². The van der Waals surface area contributed by atoms with E-state index in [1.54, 1.807) is 0 Å². The molecule has 38 heavy (non-hydrogen) atoms. The Kier molecular flexibility index (Phi) is 8.73. The number of methoxy groups -OCH3 is 1. The highest BCUT2D eigenvalue weighted by Gasteiger charge is 2.42. The van der Waals surface area contributed by atoms with Gasteiger partial charge in [-0.25, -0.2) is 28.1 Å². The summed E-state index contributed by atoms with van der Waals surface area (Å²) >= 11 is 0. The highest BCUT2D eigenvalue weighted by Crippen LogP contribution is 2.35. The van der Waals surface area contributed by atoms with Gasteiger partial charge in [0, 0.05) is 24.8 Å². The zero-order valence-electron chi connectivity index (χ0n) is 21.4. The van der Waals surface area contributed by atoms with Gasteiger partial charge in [0.15, 0.2) is 11.6 Å². The maximum Gasteiger partial charge on any atom is 0.337 e. The second-order valence-corrected chi connectivity index (χ2v) is 9.55.